The van der Waals surface area contributed by atoms with E-state index in [1.165, 1.54) is 5.56 Å². The van der Waals surface area contributed by atoms with E-state index in [2.05, 4.69) is 61.3 Å². The molecule has 0 bridgehead atoms. The fourth-order valence-corrected chi connectivity index (χ4v) is 4.41. The van der Waals surface area contributed by atoms with Crippen molar-refractivity contribution in [1.82, 2.24) is 5.32 Å². The molecule has 0 spiro atoms. The molecule has 156 valence electrons. The predicted molar refractivity (Wildman–Crippen MR) is 121 cm³/mol. The van der Waals surface area contributed by atoms with Gasteiger partial charge in [-0.2, -0.15) is 5.26 Å². The van der Waals surface area contributed by atoms with Gasteiger partial charge in [0.25, 0.3) is 0 Å². The molecule has 2 fully saturated rings. The molecule has 0 atom stereocenters. The highest BCUT2D eigenvalue weighted by molar-refractivity contribution is 5.91. The summed E-state index contributed by atoms with van der Waals surface area (Å²) in [6.45, 7) is 8.48. The monoisotopic (exact) mass is 401 g/mol. The predicted octanol–water partition coefficient (Wildman–Crippen LogP) is 4.67. The fraction of sp³-hybridized carbons (Fsp3) is 0.462. The number of hydrogen-bond donors (Lipinski definition) is 1. The van der Waals surface area contributed by atoms with Gasteiger partial charge < -0.3 is 10.2 Å². The van der Waals surface area contributed by atoms with E-state index in [1.807, 2.05) is 24.3 Å². The van der Waals surface area contributed by atoms with Crippen molar-refractivity contribution in [3.63, 3.8) is 0 Å². The molecule has 0 radical (unpaired) electrons. The van der Waals surface area contributed by atoms with E-state index in [0.717, 1.165) is 50.0 Å². The second kappa shape index (κ2) is 7.80. The van der Waals surface area contributed by atoms with Crippen LogP contribution in [0.1, 0.15) is 63.1 Å². The molecule has 4 rings (SSSR count). The summed E-state index contributed by atoms with van der Waals surface area (Å²) in [6, 6.07) is 18.8. The maximum absolute atomic E-state index is 13.1. The first kappa shape index (κ1) is 20.5. The van der Waals surface area contributed by atoms with Crippen LogP contribution in [0.25, 0.3) is 0 Å². The molecular formula is C26H31N3O. The minimum Gasteiger partial charge on any atom is -0.371 e. The van der Waals surface area contributed by atoms with Crippen molar-refractivity contribution in [2.75, 3.05) is 18.0 Å². The van der Waals surface area contributed by atoms with Crippen molar-refractivity contribution < 1.29 is 4.79 Å². The quantitative estimate of drug-likeness (QED) is 0.810. The van der Waals surface area contributed by atoms with Crippen molar-refractivity contribution in [2.24, 2.45) is 0 Å². The Balaban J connectivity index is 1.35. The zero-order chi connectivity index (χ0) is 21.4. The number of anilines is 1. The average Bonchev–Trinajstić information content (AvgIpc) is 3.56. The maximum Gasteiger partial charge on any atom is 0.230 e. The summed E-state index contributed by atoms with van der Waals surface area (Å²) in [6.07, 6.45) is 3.78. The Morgan fingerprint density at radius 2 is 1.63 bits per heavy atom. The Labute approximate surface area is 179 Å². The topological polar surface area (TPSA) is 56.1 Å². The Kier molecular flexibility index (Phi) is 5.32. The molecule has 2 aliphatic rings. The van der Waals surface area contributed by atoms with E-state index >= 15 is 0 Å². The smallest absolute Gasteiger partial charge is 0.230 e. The second-order valence-electron chi connectivity index (χ2n) is 9.80. The first-order chi connectivity index (χ1) is 14.3. The molecule has 2 aromatic rings. The third kappa shape index (κ3) is 4.07. The lowest BCUT2D eigenvalue weighted by Gasteiger charge is -2.34. The summed E-state index contributed by atoms with van der Waals surface area (Å²) in [5.74, 6) is 0.197. The van der Waals surface area contributed by atoms with Crippen LogP contribution >= 0.6 is 0 Å². The molecule has 4 nitrogen and oxygen atoms in total. The normalized spacial score (nSPS) is 18.5. The fourth-order valence-electron chi connectivity index (χ4n) is 4.41. The van der Waals surface area contributed by atoms with Crippen molar-refractivity contribution in [3.05, 3.63) is 65.2 Å². The lowest BCUT2D eigenvalue weighted by atomic mass is 9.84. The van der Waals surface area contributed by atoms with Crippen LogP contribution in [0.4, 0.5) is 5.69 Å². The Morgan fingerprint density at radius 1 is 1.03 bits per heavy atom. The number of hydrogen-bond acceptors (Lipinski definition) is 3. The van der Waals surface area contributed by atoms with Crippen LogP contribution in [0.15, 0.2) is 48.5 Å². The van der Waals surface area contributed by atoms with Crippen molar-refractivity contribution >= 4 is 11.6 Å². The summed E-state index contributed by atoms with van der Waals surface area (Å²) in [5, 5.41) is 12.3. The van der Waals surface area contributed by atoms with E-state index < -0.39 is 0 Å². The first-order valence-electron chi connectivity index (χ1n) is 11.0. The van der Waals surface area contributed by atoms with Gasteiger partial charge in [-0.25, -0.2) is 0 Å². The number of nitriles is 1. The van der Waals surface area contributed by atoms with E-state index in [1.54, 1.807) is 0 Å². The third-order valence-electron chi connectivity index (χ3n) is 6.68. The van der Waals surface area contributed by atoms with Crippen LogP contribution in [0, 0.1) is 11.3 Å². The van der Waals surface area contributed by atoms with Gasteiger partial charge in [0, 0.05) is 24.8 Å². The Bertz CT molecular complexity index is 936. The minimum absolute atomic E-state index is 0.125. The maximum atomic E-state index is 13.1. The average molecular weight is 402 g/mol. The zero-order valence-corrected chi connectivity index (χ0v) is 18.2. The van der Waals surface area contributed by atoms with Crippen LogP contribution in [0.5, 0.6) is 0 Å². The summed E-state index contributed by atoms with van der Waals surface area (Å²) >= 11 is 0. The van der Waals surface area contributed by atoms with Crippen LogP contribution in [-0.4, -0.2) is 25.0 Å². The third-order valence-corrected chi connectivity index (χ3v) is 6.68. The SMILES string of the molecule is CC(C)(C)c1ccc(C2(C(=O)NC3CCN(c4ccc(C#N)cc4)CC3)CC2)cc1. The molecule has 1 aliphatic heterocycles. The number of nitrogens with zero attached hydrogens (tertiary/aromatic N) is 2. The van der Waals surface area contributed by atoms with Crippen molar-refractivity contribution in [1.29, 1.82) is 5.26 Å². The number of carbonyl (C=O) groups excluding carboxylic acids is 1. The van der Waals surface area contributed by atoms with Gasteiger partial charge in [-0.3, -0.25) is 4.79 Å². The summed E-state index contributed by atoms with van der Waals surface area (Å²) in [7, 11) is 0. The van der Waals surface area contributed by atoms with E-state index in [0.29, 0.717) is 5.56 Å². The summed E-state index contributed by atoms with van der Waals surface area (Å²) < 4.78 is 0. The van der Waals surface area contributed by atoms with Gasteiger partial charge in [-0.1, -0.05) is 45.0 Å². The number of nitrogens with one attached hydrogen (secondary N) is 1. The number of amides is 1. The Hall–Kier alpha value is -2.80. The van der Waals surface area contributed by atoms with Gasteiger partial charge in [0.05, 0.1) is 17.0 Å². The van der Waals surface area contributed by atoms with E-state index in [9.17, 15) is 4.79 Å². The number of piperidine rings is 1. The highest BCUT2D eigenvalue weighted by Crippen LogP contribution is 2.49. The van der Waals surface area contributed by atoms with Gasteiger partial charge in [-0.15, -0.1) is 0 Å². The zero-order valence-electron chi connectivity index (χ0n) is 18.2. The second-order valence-corrected chi connectivity index (χ2v) is 9.80. The first-order valence-corrected chi connectivity index (χ1v) is 11.0. The molecule has 4 heteroatoms. The standard InChI is InChI=1S/C26H31N3O/c1-25(2,3)20-6-8-21(9-7-20)26(14-15-26)24(30)28-22-12-16-29(17-13-22)23-10-4-19(18-27)5-11-23/h4-11,22H,12-17H2,1-3H3,(H,28,30). The van der Waals surface area contributed by atoms with Crippen molar-refractivity contribution in [3.8, 4) is 6.07 Å². The van der Waals surface area contributed by atoms with Gasteiger partial charge >= 0.3 is 0 Å². The molecule has 1 saturated carbocycles. The number of benzene rings is 2. The molecule has 1 heterocycles. The molecule has 1 saturated heterocycles. The van der Waals surface area contributed by atoms with Crippen LogP contribution in [0.2, 0.25) is 0 Å². The lowest BCUT2D eigenvalue weighted by Crippen LogP contribution is -2.47. The number of rotatable bonds is 4. The Morgan fingerprint density at radius 3 is 2.13 bits per heavy atom. The van der Waals surface area contributed by atoms with Crippen LogP contribution in [0.3, 0.4) is 0 Å². The van der Waals surface area contributed by atoms with E-state index in [-0.39, 0.29) is 22.8 Å². The molecule has 2 aromatic carbocycles. The van der Waals surface area contributed by atoms with Crippen molar-refractivity contribution in [2.45, 2.75) is 63.3 Å². The number of carbonyl (C=O) groups is 1. The van der Waals surface area contributed by atoms with E-state index in [4.69, 9.17) is 5.26 Å². The minimum atomic E-state index is -0.319. The van der Waals surface area contributed by atoms with Crippen LogP contribution < -0.4 is 10.2 Å². The molecular weight excluding hydrogens is 370 g/mol. The lowest BCUT2D eigenvalue weighted by molar-refractivity contribution is -0.124. The molecule has 1 amide bonds. The highest BCUT2D eigenvalue weighted by Gasteiger charge is 2.51. The summed E-state index contributed by atoms with van der Waals surface area (Å²) in [4.78, 5) is 15.5. The molecule has 0 unspecified atom stereocenters. The van der Waals surface area contributed by atoms with Gasteiger partial charge in [-0.05, 0) is 66.5 Å². The van der Waals surface area contributed by atoms with Gasteiger partial charge in [0.2, 0.25) is 5.91 Å². The summed E-state index contributed by atoms with van der Waals surface area (Å²) in [5.41, 5.74) is 4.10. The largest absolute Gasteiger partial charge is 0.371 e. The molecule has 1 N–H and O–H groups in total. The molecule has 1 aliphatic carbocycles. The molecule has 30 heavy (non-hydrogen) atoms. The van der Waals surface area contributed by atoms with Gasteiger partial charge in [0.1, 0.15) is 0 Å². The molecule has 0 aromatic heterocycles. The highest BCUT2D eigenvalue weighted by atomic mass is 16.2. The van der Waals surface area contributed by atoms with Gasteiger partial charge in [0.15, 0.2) is 0 Å². The van der Waals surface area contributed by atoms with Crippen LogP contribution in [-0.2, 0) is 15.6 Å².